The lowest BCUT2D eigenvalue weighted by atomic mass is 10.1. The molecule has 2 amide bonds. The second kappa shape index (κ2) is 9.96. The summed E-state index contributed by atoms with van der Waals surface area (Å²) in [5, 5.41) is 16.2. The van der Waals surface area contributed by atoms with Crippen molar-refractivity contribution in [2.24, 2.45) is 0 Å². The molecule has 0 spiro atoms. The van der Waals surface area contributed by atoms with E-state index in [0.29, 0.717) is 5.76 Å². The van der Waals surface area contributed by atoms with Crippen LogP contribution in [0.15, 0.2) is 71.3 Å². The minimum Gasteiger partial charge on any atom is -0.467 e. The number of hydrogen-bond donors (Lipinski definition) is 2. The predicted octanol–water partition coefficient (Wildman–Crippen LogP) is 2.52. The zero-order chi connectivity index (χ0) is 24.0. The Hall–Kier alpha value is -4.19. The molecule has 0 radical (unpaired) electrons. The maximum atomic E-state index is 12.7. The molecule has 0 saturated carbocycles. The van der Waals surface area contributed by atoms with Crippen LogP contribution >= 0.6 is 0 Å². The number of benzene rings is 2. The number of non-ortho nitro benzene ring substituents is 1. The molecule has 0 aliphatic carbocycles. The smallest absolute Gasteiger partial charge is 0.271 e. The molecule has 0 saturated heterocycles. The van der Waals surface area contributed by atoms with Gasteiger partial charge in [-0.3, -0.25) is 24.0 Å². The number of para-hydroxylation sites is 1. The van der Waals surface area contributed by atoms with Gasteiger partial charge in [0.05, 0.1) is 40.9 Å². The van der Waals surface area contributed by atoms with E-state index in [0.717, 1.165) is 16.6 Å². The molecule has 1 heterocycles. The summed E-state index contributed by atoms with van der Waals surface area (Å²) >= 11 is 0. The number of furan rings is 1. The molecule has 0 bridgehead atoms. The number of nitrogens with zero attached hydrogens (tertiary/aromatic N) is 2. The first kappa shape index (κ1) is 23.5. The summed E-state index contributed by atoms with van der Waals surface area (Å²) in [5.41, 5.74) is -0.0166. The van der Waals surface area contributed by atoms with Crippen LogP contribution in [0.5, 0.6) is 0 Å². The van der Waals surface area contributed by atoms with Crippen LogP contribution in [0.25, 0.3) is 0 Å². The molecule has 12 heteroatoms. The third kappa shape index (κ3) is 6.17. The van der Waals surface area contributed by atoms with Gasteiger partial charge in [-0.1, -0.05) is 18.2 Å². The van der Waals surface area contributed by atoms with Gasteiger partial charge in [0.25, 0.3) is 11.6 Å². The first-order valence-electron chi connectivity index (χ1n) is 9.57. The average molecular weight is 472 g/mol. The van der Waals surface area contributed by atoms with Gasteiger partial charge in [0.15, 0.2) is 0 Å². The van der Waals surface area contributed by atoms with Crippen LogP contribution in [0.3, 0.4) is 0 Å². The fourth-order valence-corrected chi connectivity index (χ4v) is 3.80. The van der Waals surface area contributed by atoms with Crippen molar-refractivity contribution in [1.29, 1.82) is 0 Å². The molecule has 0 aliphatic heterocycles. The molecule has 0 atom stereocenters. The number of carbonyl (C=O) groups excluding carboxylic acids is 2. The Morgan fingerprint density at radius 2 is 1.85 bits per heavy atom. The topological polar surface area (TPSA) is 152 Å². The summed E-state index contributed by atoms with van der Waals surface area (Å²) in [4.78, 5) is 35.6. The lowest BCUT2D eigenvalue weighted by Gasteiger charge is -2.22. The Bertz CT molecular complexity index is 1270. The second-order valence-corrected chi connectivity index (χ2v) is 8.81. The van der Waals surface area contributed by atoms with Crippen LogP contribution in [0.2, 0.25) is 0 Å². The van der Waals surface area contributed by atoms with Crippen molar-refractivity contribution in [3.63, 3.8) is 0 Å². The maximum absolute atomic E-state index is 12.7. The first-order chi connectivity index (χ1) is 15.6. The van der Waals surface area contributed by atoms with Gasteiger partial charge in [-0.15, -0.1) is 0 Å². The standard InChI is InChI=1S/C21H20N4O7S/c1-33(30,31)24(15-6-4-7-16(12-15)25(28)29)14-20(26)23-19-10-3-2-9-18(19)21(27)22-13-17-8-5-11-32-17/h2-12H,13-14H2,1H3,(H,22,27)(H,23,26). The number of rotatable bonds is 9. The van der Waals surface area contributed by atoms with E-state index in [4.69, 9.17) is 4.42 Å². The molecule has 1 aromatic heterocycles. The summed E-state index contributed by atoms with van der Waals surface area (Å²) in [6.45, 7) is -0.509. The highest BCUT2D eigenvalue weighted by atomic mass is 32.2. The Kier molecular flexibility index (Phi) is 7.08. The summed E-state index contributed by atoms with van der Waals surface area (Å²) in [5.74, 6) is -0.662. The normalized spacial score (nSPS) is 10.9. The Morgan fingerprint density at radius 3 is 2.52 bits per heavy atom. The number of hydrogen-bond acceptors (Lipinski definition) is 7. The van der Waals surface area contributed by atoms with E-state index in [1.54, 1.807) is 24.3 Å². The molecule has 172 valence electrons. The summed E-state index contributed by atoms with van der Waals surface area (Å²) < 4.78 is 30.5. The highest BCUT2D eigenvalue weighted by Gasteiger charge is 2.23. The van der Waals surface area contributed by atoms with Crippen molar-refractivity contribution in [2.45, 2.75) is 6.54 Å². The number of carbonyl (C=O) groups is 2. The predicted molar refractivity (Wildman–Crippen MR) is 120 cm³/mol. The minimum atomic E-state index is -3.95. The van der Waals surface area contributed by atoms with Crippen molar-refractivity contribution in [2.75, 3.05) is 22.4 Å². The van der Waals surface area contributed by atoms with E-state index in [-0.39, 0.29) is 29.2 Å². The fourth-order valence-electron chi connectivity index (χ4n) is 2.95. The lowest BCUT2D eigenvalue weighted by Crippen LogP contribution is -2.37. The van der Waals surface area contributed by atoms with Gasteiger partial charge in [0.2, 0.25) is 15.9 Å². The third-order valence-corrected chi connectivity index (χ3v) is 5.61. The number of anilines is 2. The summed E-state index contributed by atoms with van der Waals surface area (Å²) in [6.07, 6.45) is 2.36. The monoisotopic (exact) mass is 472 g/mol. The number of nitrogens with one attached hydrogen (secondary N) is 2. The molecule has 3 rings (SSSR count). The Balaban J connectivity index is 1.77. The summed E-state index contributed by atoms with van der Waals surface area (Å²) in [6, 6.07) is 14.5. The van der Waals surface area contributed by atoms with Crippen LogP contribution in [0.1, 0.15) is 16.1 Å². The molecule has 2 aromatic carbocycles. The zero-order valence-corrected chi connectivity index (χ0v) is 18.2. The number of amides is 2. The highest BCUT2D eigenvalue weighted by molar-refractivity contribution is 7.92. The van der Waals surface area contributed by atoms with Crippen LogP contribution in [0.4, 0.5) is 17.1 Å². The van der Waals surface area contributed by atoms with Crippen LogP contribution in [-0.2, 0) is 21.4 Å². The Morgan fingerprint density at radius 1 is 1.09 bits per heavy atom. The molecule has 2 N–H and O–H groups in total. The molecule has 3 aromatic rings. The maximum Gasteiger partial charge on any atom is 0.271 e. The van der Waals surface area contributed by atoms with Gasteiger partial charge in [0.1, 0.15) is 12.3 Å². The van der Waals surface area contributed by atoms with Crippen molar-refractivity contribution in [1.82, 2.24) is 5.32 Å². The number of nitro benzene ring substituents is 1. The summed E-state index contributed by atoms with van der Waals surface area (Å²) in [7, 11) is -3.95. The van der Waals surface area contributed by atoms with Gasteiger partial charge in [0, 0.05) is 12.1 Å². The molecule has 0 unspecified atom stereocenters. The Labute approximate surface area is 189 Å². The molecule has 11 nitrogen and oxygen atoms in total. The lowest BCUT2D eigenvalue weighted by molar-refractivity contribution is -0.384. The van der Waals surface area contributed by atoms with E-state index in [2.05, 4.69) is 10.6 Å². The molecule has 33 heavy (non-hydrogen) atoms. The van der Waals surface area contributed by atoms with E-state index >= 15 is 0 Å². The van der Waals surface area contributed by atoms with Gasteiger partial charge in [-0.05, 0) is 30.3 Å². The minimum absolute atomic E-state index is 0.0358. The van der Waals surface area contributed by atoms with Crippen LogP contribution < -0.4 is 14.9 Å². The number of nitro groups is 1. The van der Waals surface area contributed by atoms with Crippen LogP contribution in [-0.4, -0.2) is 38.0 Å². The van der Waals surface area contributed by atoms with Gasteiger partial charge in [-0.25, -0.2) is 8.42 Å². The molecular weight excluding hydrogens is 452 g/mol. The highest BCUT2D eigenvalue weighted by Crippen LogP contribution is 2.23. The molecule has 0 fully saturated rings. The fraction of sp³-hybridized carbons (Fsp3) is 0.143. The largest absolute Gasteiger partial charge is 0.467 e. The van der Waals surface area contributed by atoms with Gasteiger partial charge in [-0.2, -0.15) is 0 Å². The van der Waals surface area contributed by atoms with Crippen molar-refractivity contribution >= 4 is 38.9 Å². The molecule has 0 aliphatic rings. The first-order valence-corrected chi connectivity index (χ1v) is 11.4. The van der Waals surface area contributed by atoms with E-state index in [9.17, 15) is 28.1 Å². The van der Waals surface area contributed by atoms with Crippen molar-refractivity contribution in [3.05, 3.63) is 88.4 Å². The molecular formula is C21H20N4O7S. The van der Waals surface area contributed by atoms with Crippen LogP contribution in [0, 0.1) is 10.1 Å². The van der Waals surface area contributed by atoms with Gasteiger partial charge < -0.3 is 15.1 Å². The number of sulfonamides is 1. The SMILES string of the molecule is CS(=O)(=O)N(CC(=O)Nc1ccccc1C(=O)NCc1ccco1)c1cccc([N+](=O)[O-])c1. The second-order valence-electron chi connectivity index (χ2n) is 6.90. The van der Waals surface area contributed by atoms with Gasteiger partial charge >= 0.3 is 0 Å². The van der Waals surface area contributed by atoms with E-state index in [1.165, 1.54) is 36.6 Å². The average Bonchev–Trinajstić information content (AvgIpc) is 3.29. The third-order valence-electron chi connectivity index (χ3n) is 4.47. The zero-order valence-electron chi connectivity index (χ0n) is 17.4. The van der Waals surface area contributed by atoms with E-state index < -0.39 is 33.3 Å². The van der Waals surface area contributed by atoms with Crippen molar-refractivity contribution < 1.29 is 27.3 Å². The van der Waals surface area contributed by atoms with Crippen molar-refractivity contribution in [3.8, 4) is 0 Å². The quantitative estimate of drug-likeness (QED) is 0.358. The van der Waals surface area contributed by atoms with E-state index in [1.807, 2.05) is 0 Å².